The third-order valence-corrected chi connectivity index (χ3v) is 3.15. The van der Waals surface area contributed by atoms with Crippen LogP contribution >= 0.6 is 11.3 Å². The lowest BCUT2D eigenvalue weighted by Crippen LogP contribution is -2.26. The predicted octanol–water partition coefficient (Wildman–Crippen LogP) is 1.92. The first kappa shape index (κ1) is 12.4. The highest BCUT2D eigenvalue weighted by molar-refractivity contribution is 7.13. The lowest BCUT2D eigenvalue weighted by molar-refractivity contribution is 0.0935. The molecule has 0 saturated heterocycles. The van der Waals surface area contributed by atoms with Crippen LogP contribution in [0.2, 0.25) is 0 Å². The van der Waals surface area contributed by atoms with Crippen molar-refractivity contribution >= 4 is 22.4 Å². The molecule has 0 fully saturated rings. The summed E-state index contributed by atoms with van der Waals surface area (Å²) in [5.41, 5.74) is 6.61. The molecule has 94 valence electrons. The molecule has 1 amide bonds. The van der Waals surface area contributed by atoms with Crippen LogP contribution in [-0.2, 0) is 0 Å². The Morgan fingerprint density at radius 2 is 2.33 bits per heavy atom. The van der Waals surface area contributed by atoms with Gasteiger partial charge >= 0.3 is 0 Å². The van der Waals surface area contributed by atoms with E-state index in [-0.39, 0.29) is 17.7 Å². The molecule has 5 nitrogen and oxygen atoms in total. The molecule has 2 rings (SSSR count). The van der Waals surface area contributed by atoms with E-state index in [1.54, 1.807) is 23.6 Å². The van der Waals surface area contributed by atoms with Crippen molar-refractivity contribution < 1.29 is 9.90 Å². The third kappa shape index (κ3) is 2.78. The number of amides is 1. The molecule has 1 unspecified atom stereocenters. The van der Waals surface area contributed by atoms with E-state index in [0.29, 0.717) is 10.8 Å². The number of phenolic OH excluding ortho intramolecular Hbond substituents is 1. The summed E-state index contributed by atoms with van der Waals surface area (Å²) in [6.45, 7) is 1.84. The number of nitrogens with one attached hydrogen (secondary N) is 1. The van der Waals surface area contributed by atoms with Crippen LogP contribution in [0.25, 0.3) is 0 Å². The molecule has 0 aliphatic heterocycles. The van der Waals surface area contributed by atoms with E-state index in [0.717, 1.165) is 5.56 Å². The Balaban J connectivity index is 2.07. The fourth-order valence-corrected chi connectivity index (χ4v) is 2.08. The zero-order valence-corrected chi connectivity index (χ0v) is 10.6. The first-order chi connectivity index (χ1) is 8.56. The van der Waals surface area contributed by atoms with Gasteiger partial charge in [0.1, 0.15) is 11.4 Å². The molecule has 0 aliphatic carbocycles. The smallest absolute Gasteiger partial charge is 0.271 e. The standard InChI is InChI=1S/C12H13N3O2S/c1-7(8-3-2-4-9(16)5-8)14-11(17)10-6-18-12(13)15-10/h2-7,16H,1H3,(H2,13,15)(H,14,17). The van der Waals surface area contributed by atoms with Gasteiger partial charge < -0.3 is 16.2 Å². The van der Waals surface area contributed by atoms with E-state index in [1.165, 1.54) is 11.3 Å². The Morgan fingerprint density at radius 3 is 2.94 bits per heavy atom. The fraction of sp³-hybridized carbons (Fsp3) is 0.167. The number of hydrogen-bond acceptors (Lipinski definition) is 5. The highest BCUT2D eigenvalue weighted by atomic mass is 32.1. The Kier molecular flexibility index (Phi) is 3.47. The van der Waals surface area contributed by atoms with Gasteiger partial charge in [-0.3, -0.25) is 4.79 Å². The normalized spacial score (nSPS) is 12.1. The van der Waals surface area contributed by atoms with E-state index >= 15 is 0 Å². The molecule has 0 saturated carbocycles. The minimum absolute atomic E-state index is 0.173. The van der Waals surface area contributed by atoms with Gasteiger partial charge in [-0.05, 0) is 24.6 Å². The number of hydrogen-bond donors (Lipinski definition) is 3. The van der Waals surface area contributed by atoms with E-state index in [9.17, 15) is 9.90 Å². The second kappa shape index (κ2) is 5.05. The summed E-state index contributed by atoms with van der Waals surface area (Å²) >= 11 is 1.22. The molecule has 0 bridgehead atoms. The van der Waals surface area contributed by atoms with Crippen LogP contribution in [0.3, 0.4) is 0 Å². The molecule has 1 aromatic heterocycles. The summed E-state index contributed by atoms with van der Waals surface area (Å²) in [6.07, 6.45) is 0. The minimum atomic E-state index is -0.279. The summed E-state index contributed by atoms with van der Waals surface area (Å²) in [7, 11) is 0. The third-order valence-electron chi connectivity index (χ3n) is 2.47. The topological polar surface area (TPSA) is 88.2 Å². The molecule has 1 aromatic carbocycles. The summed E-state index contributed by atoms with van der Waals surface area (Å²) in [5.74, 6) is -0.106. The van der Waals surface area contributed by atoms with E-state index in [2.05, 4.69) is 10.3 Å². The SMILES string of the molecule is CC(NC(=O)c1csc(N)n1)c1cccc(O)c1. The average molecular weight is 263 g/mol. The van der Waals surface area contributed by atoms with Crippen LogP contribution in [0.5, 0.6) is 5.75 Å². The maximum atomic E-state index is 11.8. The lowest BCUT2D eigenvalue weighted by Gasteiger charge is -2.13. The molecule has 4 N–H and O–H groups in total. The van der Waals surface area contributed by atoms with Crippen LogP contribution in [-0.4, -0.2) is 16.0 Å². The summed E-state index contributed by atoms with van der Waals surface area (Å²) < 4.78 is 0. The van der Waals surface area contributed by atoms with Crippen LogP contribution in [0, 0.1) is 0 Å². The quantitative estimate of drug-likeness (QED) is 0.789. The van der Waals surface area contributed by atoms with Crippen molar-refractivity contribution in [2.45, 2.75) is 13.0 Å². The van der Waals surface area contributed by atoms with Crippen molar-refractivity contribution in [3.63, 3.8) is 0 Å². The van der Waals surface area contributed by atoms with Crippen molar-refractivity contribution in [2.75, 3.05) is 5.73 Å². The van der Waals surface area contributed by atoms with Crippen molar-refractivity contribution in [3.05, 3.63) is 40.9 Å². The summed E-state index contributed by atoms with van der Waals surface area (Å²) in [6, 6.07) is 6.54. The Bertz CT molecular complexity index is 568. The number of carbonyl (C=O) groups is 1. The summed E-state index contributed by atoms with van der Waals surface area (Å²) in [4.78, 5) is 15.8. The van der Waals surface area contributed by atoms with Crippen molar-refractivity contribution in [1.82, 2.24) is 10.3 Å². The van der Waals surface area contributed by atoms with Crippen molar-refractivity contribution in [3.8, 4) is 5.75 Å². The second-order valence-electron chi connectivity index (χ2n) is 3.86. The van der Waals surface area contributed by atoms with Gasteiger partial charge in [-0.1, -0.05) is 12.1 Å². The number of anilines is 1. The van der Waals surface area contributed by atoms with Gasteiger partial charge in [-0.2, -0.15) is 0 Å². The Hall–Kier alpha value is -2.08. The molecule has 0 aliphatic rings. The first-order valence-electron chi connectivity index (χ1n) is 5.37. The number of nitrogens with zero attached hydrogens (tertiary/aromatic N) is 1. The van der Waals surface area contributed by atoms with E-state index in [4.69, 9.17) is 5.73 Å². The van der Waals surface area contributed by atoms with Gasteiger partial charge in [0.25, 0.3) is 5.91 Å². The largest absolute Gasteiger partial charge is 0.508 e. The van der Waals surface area contributed by atoms with Crippen molar-refractivity contribution in [2.24, 2.45) is 0 Å². The molecule has 2 aromatic rings. The number of phenols is 1. The number of rotatable bonds is 3. The van der Waals surface area contributed by atoms with Gasteiger partial charge in [0, 0.05) is 5.38 Å². The molecule has 0 radical (unpaired) electrons. The van der Waals surface area contributed by atoms with Crippen molar-refractivity contribution in [1.29, 1.82) is 0 Å². The highest BCUT2D eigenvalue weighted by Crippen LogP contribution is 2.18. The molecule has 6 heteroatoms. The molecule has 1 heterocycles. The first-order valence-corrected chi connectivity index (χ1v) is 6.25. The lowest BCUT2D eigenvalue weighted by atomic mass is 10.1. The highest BCUT2D eigenvalue weighted by Gasteiger charge is 2.14. The number of benzene rings is 1. The Morgan fingerprint density at radius 1 is 1.56 bits per heavy atom. The number of nitrogens with two attached hydrogens (primary N) is 1. The second-order valence-corrected chi connectivity index (χ2v) is 4.75. The number of carbonyl (C=O) groups excluding carboxylic acids is 1. The number of nitrogen functional groups attached to an aromatic ring is 1. The maximum absolute atomic E-state index is 11.8. The Labute approximate surface area is 108 Å². The minimum Gasteiger partial charge on any atom is -0.508 e. The number of aromatic hydroxyl groups is 1. The van der Waals surface area contributed by atoms with Gasteiger partial charge in [-0.15, -0.1) is 11.3 Å². The maximum Gasteiger partial charge on any atom is 0.271 e. The van der Waals surface area contributed by atoms with Crippen LogP contribution in [0.4, 0.5) is 5.13 Å². The molecular weight excluding hydrogens is 250 g/mol. The molecule has 0 spiro atoms. The van der Waals surface area contributed by atoms with Gasteiger partial charge in [0.2, 0.25) is 0 Å². The zero-order chi connectivity index (χ0) is 13.1. The monoisotopic (exact) mass is 263 g/mol. The fourth-order valence-electron chi connectivity index (χ4n) is 1.54. The molecule has 18 heavy (non-hydrogen) atoms. The van der Waals surface area contributed by atoms with Gasteiger partial charge in [0.15, 0.2) is 5.13 Å². The predicted molar refractivity (Wildman–Crippen MR) is 70.5 cm³/mol. The zero-order valence-electron chi connectivity index (χ0n) is 9.75. The van der Waals surface area contributed by atoms with Crippen LogP contribution in [0.1, 0.15) is 29.0 Å². The van der Waals surface area contributed by atoms with E-state index < -0.39 is 0 Å². The van der Waals surface area contributed by atoms with E-state index in [1.807, 2.05) is 13.0 Å². The van der Waals surface area contributed by atoms with Crippen LogP contribution < -0.4 is 11.1 Å². The number of thiazole rings is 1. The molecular formula is C12H13N3O2S. The number of aromatic nitrogens is 1. The molecule has 1 atom stereocenters. The summed E-state index contributed by atoms with van der Waals surface area (Å²) in [5, 5.41) is 14.1. The van der Waals surface area contributed by atoms with Gasteiger partial charge in [0.05, 0.1) is 6.04 Å². The van der Waals surface area contributed by atoms with Gasteiger partial charge in [-0.25, -0.2) is 4.98 Å². The average Bonchev–Trinajstić information content (AvgIpc) is 2.76. The van der Waals surface area contributed by atoms with Crippen LogP contribution in [0.15, 0.2) is 29.6 Å².